The minimum absolute atomic E-state index is 0.250. The Bertz CT molecular complexity index is 938. The van der Waals surface area contributed by atoms with Gasteiger partial charge in [-0.15, -0.1) is 0 Å². The average molecular weight is 496 g/mol. The van der Waals surface area contributed by atoms with Crippen molar-refractivity contribution in [2.24, 2.45) is 17.8 Å². The zero-order valence-electron chi connectivity index (χ0n) is 20.5. The van der Waals surface area contributed by atoms with Crippen LogP contribution in [-0.2, 0) is 9.59 Å². The lowest BCUT2D eigenvalue weighted by atomic mass is 9.88. The minimum Gasteiger partial charge on any atom is -0.475 e. The maximum atomic E-state index is 12.8. The molecule has 6 nitrogen and oxygen atoms in total. The third kappa shape index (κ3) is 5.93. The summed E-state index contributed by atoms with van der Waals surface area (Å²) in [6, 6.07) is 8.05. The Kier molecular flexibility index (Phi) is 7.64. The van der Waals surface area contributed by atoms with E-state index in [4.69, 9.17) is 9.90 Å². The number of benzene rings is 1. The molecular weight excluding hydrogens is 459 g/mol. The average Bonchev–Trinajstić information content (AvgIpc) is 3.59. The molecule has 2 saturated carbocycles. The smallest absolute Gasteiger partial charge is 0.475 e. The fourth-order valence-corrected chi connectivity index (χ4v) is 6.52. The first-order valence-electron chi connectivity index (χ1n) is 12.7. The monoisotopic (exact) mass is 495 g/mol. The van der Waals surface area contributed by atoms with E-state index in [9.17, 15) is 18.0 Å². The number of amides is 1. The van der Waals surface area contributed by atoms with Crippen molar-refractivity contribution in [1.29, 1.82) is 0 Å². The first kappa shape index (κ1) is 25.8. The summed E-state index contributed by atoms with van der Waals surface area (Å²) >= 11 is 0. The van der Waals surface area contributed by atoms with Gasteiger partial charge in [-0.1, -0.05) is 6.42 Å². The Morgan fingerprint density at radius 1 is 1.09 bits per heavy atom. The van der Waals surface area contributed by atoms with Crippen molar-refractivity contribution < 1.29 is 27.9 Å². The number of anilines is 2. The molecule has 1 amide bonds. The van der Waals surface area contributed by atoms with E-state index in [-0.39, 0.29) is 11.8 Å². The maximum Gasteiger partial charge on any atom is 0.490 e. The van der Waals surface area contributed by atoms with Gasteiger partial charge >= 0.3 is 12.1 Å². The lowest BCUT2D eigenvalue weighted by Crippen LogP contribution is -2.39. The summed E-state index contributed by atoms with van der Waals surface area (Å²) in [5, 5.41) is 10.4. The normalized spacial score (nSPS) is 30.3. The van der Waals surface area contributed by atoms with Crippen LogP contribution in [0, 0.1) is 24.7 Å². The van der Waals surface area contributed by atoms with E-state index in [2.05, 4.69) is 47.2 Å². The molecule has 5 rings (SSSR count). The van der Waals surface area contributed by atoms with Crippen LogP contribution >= 0.6 is 0 Å². The van der Waals surface area contributed by atoms with E-state index in [1.807, 2.05) is 0 Å². The van der Waals surface area contributed by atoms with Gasteiger partial charge in [-0.3, -0.25) is 9.69 Å². The molecule has 2 aliphatic carbocycles. The number of fused-ring (bicyclic) bond motifs is 2. The molecule has 1 aromatic rings. The van der Waals surface area contributed by atoms with Crippen LogP contribution in [0.3, 0.4) is 0 Å². The topological polar surface area (TPSA) is 72.9 Å². The number of hydrogen-bond donors (Lipinski definition) is 2. The molecule has 0 radical (unpaired) electrons. The van der Waals surface area contributed by atoms with Crippen LogP contribution in [0.15, 0.2) is 18.2 Å². The second kappa shape index (κ2) is 10.4. The molecule has 0 spiro atoms. The second-order valence-electron chi connectivity index (χ2n) is 10.7. The maximum absolute atomic E-state index is 12.8. The van der Waals surface area contributed by atoms with Crippen LogP contribution in [0.2, 0.25) is 0 Å². The van der Waals surface area contributed by atoms with Crippen molar-refractivity contribution in [3.8, 4) is 0 Å². The number of halogens is 3. The molecule has 2 saturated heterocycles. The predicted molar refractivity (Wildman–Crippen MR) is 128 cm³/mol. The molecule has 4 fully saturated rings. The van der Waals surface area contributed by atoms with Crippen LogP contribution in [0.1, 0.15) is 57.4 Å². The molecular formula is C26H36F3N3O3. The van der Waals surface area contributed by atoms with Crippen LogP contribution < -0.4 is 10.2 Å². The lowest BCUT2D eigenvalue weighted by Gasteiger charge is -2.29. The van der Waals surface area contributed by atoms with Gasteiger partial charge in [-0.05, 0) is 94.5 Å². The summed E-state index contributed by atoms with van der Waals surface area (Å²) in [4.78, 5) is 26.9. The fraction of sp³-hybridized carbons (Fsp3) is 0.692. The number of carboxylic acid groups (broad SMARTS) is 1. The number of nitrogens with one attached hydrogen (secondary N) is 1. The summed E-state index contributed by atoms with van der Waals surface area (Å²) in [5.74, 6) is -0.802. The third-order valence-electron chi connectivity index (χ3n) is 8.39. The van der Waals surface area contributed by atoms with Gasteiger partial charge in [0.15, 0.2) is 0 Å². The number of likely N-dealkylation sites (tertiary alicyclic amines) is 1. The quantitative estimate of drug-likeness (QED) is 0.611. The molecule has 0 aromatic heterocycles. The highest BCUT2D eigenvalue weighted by atomic mass is 19.4. The zero-order valence-corrected chi connectivity index (χ0v) is 20.5. The van der Waals surface area contributed by atoms with E-state index >= 15 is 0 Å². The molecule has 35 heavy (non-hydrogen) atoms. The van der Waals surface area contributed by atoms with Gasteiger partial charge in [0.2, 0.25) is 5.91 Å². The van der Waals surface area contributed by atoms with Crippen molar-refractivity contribution in [3.63, 3.8) is 0 Å². The molecule has 9 heteroatoms. The molecule has 4 aliphatic rings. The number of carboxylic acids is 1. The Morgan fingerprint density at radius 2 is 1.83 bits per heavy atom. The number of hydrogen-bond acceptors (Lipinski definition) is 4. The summed E-state index contributed by atoms with van der Waals surface area (Å²) in [5.41, 5.74) is 3.50. The van der Waals surface area contributed by atoms with Crippen LogP contribution in [0.25, 0.3) is 0 Å². The predicted octanol–water partition coefficient (Wildman–Crippen LogP) is 5.07. The van der Waals surface area contributed by atoms with E-state index in [1.165, 1.54) is 56.3 Å². The first-order chi connectivity index (χ1) is 16.5. The summed E-state index contributed by atoms with van der Waals surface area (Å²) in [7, 11) is 0. The van der Waals surface area contributed by atoms with E-state index in [1.54, 1.807) is 0 Å². The van der Waals surface area contributed by atoms with Gasteiger partial charge in [0.25, 0.3) is 0 Å². The van der Waals surface area contributed by atoms with Gasteiger partial charge < -0.3 is 15.3 Å². The number of aliphatic carboxylic acids is 1. The van der Waals surface area contributed by atoms with Crippen molar-refractivity contribution in [1.82, 2.24) is 4.90 Å². The summed E-state index contributed by atoms with van der Waals surface area (Å²) < 4.78 is 31.7. The van der Waals surface area contributed by atoms with E-state index < -0.39 is 12.1 Å². The molecule has 2 heterocycles. The fourth-order valence-electron chi connectivity index (χ4n) is 6.52. The number of carbonyl (C=O) groups is 2. The van der Waals surface area contributed by atoms with Crippen LogP contribution in [0.4, 0.5) is 24.5 Å². The van der Waals surface area contributed by atoms with Gasteiger partial charge in [0, 0.05) is 42.5 Å². The van der Waals surface area contributed by atoms with E-state index in [0.29, 0.717) is 12.0 Å². The number of rotatable bonds is 4. The Labute approximate surface area is 204 Å². The minimum atomic E-state index is -5.08. The van der Waals surface area contributed by atoms with Gasteiger partial charge in [-0.25, -0.2) is 4.79 Å². The van der Waals surface area contributed by atoms with Crippen molar-refractivity contribution in [2.45, 2.75) is 77.1 Å². The summed E-state index contributed by atoms with van der Waals surface area (Å²) in [6.45, 7) is 8.07. The van der Waals surface area contributed by atoms with Crippen LogP contribution in [0.5, 0.6) is 0 Å². The highest BCUT2D eigenvalue weighted by molar-refractivity contribution is 5.94. The molecule has 2 aliphatic heterocycles. The van der Waals surface area contributed by atoms with Crippen LogP contribution in [-0.4, -0.2) is 59.8 Å². The van der Waals surface area contributed by atoms with Gasteiger partial charge in [-0.2, -0.15) is 13.2 Å². The first-order valence-corrected chi connectivity index (χ1v) is 12.7. The Balaban J connectivity index is 0.000000364. The van der Waals surface area contributed by atoms with Gasteiger partial charge in [0.05, 0.1) is 0 Å². The largest absolute Gasteiger partial charge is 0.490 e. The van der Waals surface area contributed by atoms with Crippen molar-refractivity contribution in [3.05, 3.63) is 23.8 Å². The Hall–Kier alpha value is -2.29. The van der Waals surface area contributed by atoms with Crippen molar-refractivity contribution >= 4 is 23.3 Å². The summed E-state index contributed by atoms with van der Waals surface area (Å²) in [6.07, 6.45) is 3.88. The number of alkyl halides is 3. The molecule has 3 unspecified atom stereocenters. The SMILES string of the molecule is Cc1cc(N2CC[C@@H](N3CCC[C@@H]3C)C2)ccc1NC(=O)C1CC2CCC1C2.O=C(O)C(F)(F)F. The number of nitrogens with zero attached hydrogens (tertiary/aromatic N) is 2. The molecule has 2 N–H and O–H groups in total. The van der Waals surface area contributed by atoms with E-state index in [0.717, 1.165) is 37.2 Å². The standard InChI is InChI=1S/C24H35N3O.C2HF3O2/c1-16-12-20(26-11-9-21(15-26)27-10-3-4-17(27)2)7-8-23(16)25-24(28)22-14-18-5-6-19(22)13-18;3-2(4,5)1(6)7/h7-8,12,17-19,21-22H,3-6,9-11,13-15H2,1-2H3,(H,25,28);(H,6,7)/t17-,18?,19?,21+,22?;/m0./s1. The number of carbonyl (C=O) groups excluding carboxylic acids is 1. The lowest BCUT2D eigenvalue weighted by molar-refractivity contribution is -0.192. The zero-order chi connectivity index (χ0) is 25.3. The molecule has 2 bridgehead atoms. The Morgan fingerprint density at radius 3 is 2.37 bits per heavy atom. The van der Waals surface area contributed by atoms with Gasteiger partial charge in [0.1, 0.15) is 0 Å². The second-order valence-corrected chi connectivity index (χ2v) is 10.7. The molecule has 5 atom stereocenters. The molecule has 1 aromatic carbocycles. The number of aryl methyl sites for hydroxylation is 1. The third-order valence-corrected chi connectivity index (χ3v) is 8.39. The highest BCUT2D eigenvalue weighted by Crippen LogP contribution is 2.48. The molecule has 194 valence electrons. The highest BCUT2D eigenvalue weighted by Gasteiger charge is 2.43. The van der Waals surface area contributed by atoms with Crippen molar-refractivity contribution in [2.75, 3.05) is 29.9 Å².